The van der Waals surface area contributed by atoms with Crippen LogP contribution in [0, 0.1) is 11.3 Å². The van der Waals surface area contributed by atoms with E-state index >= 15 is 0 Å². The molecular formula is C12H23NO2. The summed E-state index contributed by atoms with van der Waals surface area (Å²) >= 11 is 0. The second-order valence-corrected chi connectivity index (χ2v) is 5.78. The third kappa shape index (κ3) is 4.65. The molecule has 0 spiro atoms. The van der Waals surface area contributed by atoms with Crippen molar-refractivity contribution in [1.29, 1.82) is 0 Å². The second kappa shape index (κ2) is 4.97. The van der Waals surface area contributed by atoms with Crippen molar-refractivity contribution in [3.8, 4) is 0 Å². The van der Waals surface area contributed by atoms with Gasteiger partial charge in [0.1, 0.15) is 0 Å². The SMILES string of the molecule is CC(C)(C)CNC(=O)C1CCC(O)CC1. The highest BCUT2D eigenvalue weighted by Crippen LogP contribution is 2.24. The predicted octanol–water partition coefficient (Wildman–Crippen LogP) is 1.70. The molecule has 0 aromatic heterocycles. The summed E-state index contributed by atoms with van der Waals surface area (Å²) < 4.78 is 0. The Morgan fingerprint density at radius 3 is 2.27 bits per heavy atom. The molecule has 0 heterocycles. The molecule has 1 aliphatic rings. The van der Waals surface area contributed by atoms with E-state index < -0.39 is 0 Å². The largest absolute Gasteiger partial charge is 0.393 e. The molecule has 0 aromatic rings. The number of aliphatic hydroxyl groups excluding tert-OH is 1. The molecule has 0 unspecified atom stereocenters. The fourth-order valence-corrected chi connectivity index (χ4v) is 1.83. The van der Waals surface area contributed by atoms with E-state index in [2.05, 4.69) is 26.1 Å². The van der Waals surface area contributed by atoms with Gasteiger partial charge in [-0.1, -0.05) is 20.8 Å². The van der Waals surface area contributed by atoms with E-state index in [-0.39, 0.29) is 23.3 Å². The van der Waals surface area contributed by atoms with Crippen molar-refractivity contribution in [2.24, 2.45) is 11.3 Å². The van der Waals surface area contributed by atoms with Crippen LogP contribution in [0.4, 0.5) is 0 Å². The van der Waals surface area contributed by atoms with Crippen LogP contribution >= 0.6 is 0 Å². The summed E-state index contributed by atoms with van der Waals surface area (Å²) in [5, 5.41) is 12.3. The quantitative estimate of drug-likeness (QED) is 0.733. The summed E-state index contributed by atoms with van der Waals surface area (Å²) in [6.45, 7) is 7.05. The lowest BCUT2D eigenvalue weighted by Crippen LogP contribution is -2.38. The van der Waals surface area contributed by atoms with Crippen molar-refractivity contribution in [3.05, 3.63) is 0 Å². The molecule has 3 heteroatoms. The maximum atomic E-state index is 11.8. The number of rotatable bonds is 2. The van der Waals surface area contributed by atoms with Crippen LogP contribution in [0.2, 0.25) is 0 Å². The van der Waals surface area contributed by atoms with E-state index in [0.29, 0.717) is 0 Å². The van der Waals surface area contributed by atoms with E-state index in [4.69, 9.17) is 0 Å². The van der Waals surface area contributed by atoms with E-state index in [9.17, 15) is 9.90 Å². The maximum Gasteiger partial charge on any atom is 0.223 e. The molecule has 0 aromatic carbocycles. The molecule has 1 saturated carbocycles. The summed E-state index contributed by atoms with van der Waals surface area (Å²) in [4.78, 5) is 11.8. The van der Waals surface area contributed by atoms with Crippen molar-refractivity contribution in [2.75, 3.05) is 6.54 Å². The van der Waals surface area contributed by atoms with Gasteiger partial charge in [0.15, 0.2) is 0 Å². The number of hydrogen-bond acceptors (Lipinski definition) is 2. The first-order valence-corrected chi connectivity index (χ1v) is 5.84. The molecule has 0 radical (unpaired) electrons. The number of aliphatic hydroxyl groups is 1. The molecular weight excluding hydrogens is 190 g/mol. The van der Waals surface area contributed by atoms with Gasteiger partial charge in [-0.2, -0.15) is 0 Å². The van der Waals surface area contributed by atoms with Gasteiger partial charge in [0.05, 0.1) is 6.10 Å². The summed E-state index contributed by atoms with van der Waals surface area (Å²) in [5.41, 5.74) is 0.143. The van der Waals surface area contributed by atoms with Gasteiger partial charge in [0.2, 0.25) is 5.91 Å². The van der Waals surface area contributed by atoms with Crippen molar-refractivity contribution in [1.82, 2.24) is 5.32 Å². The van der Waals surface area contributed by atoms with Gasteiger partial charge in [-0.05, 0) is 31.1 Å². The van der Waals surface area contributed by atoms with Crippen LogP contribution < -0.4 is 5.32 Å². The monoisotopic (exact) mass is 213 g/mol. The molecule has 1 amide bonds. The number of amides is 1. The smallest absolute Gasteiger partial charge is 0.223 e. The first-order valence-electron chi connectivity index (χ1n) is 5.84. The summed E-state index contributed by atoms with van der Waals surface area (Å²) in [7, 11) is 0. The van der Waals surface area contributed by atoms with E-state index in [1.54, 1.807) is 0 Å². The highest BCUT2D eigenvalue weighted by Gasteiger charge is 2.25. The van der Waals surface area contributed by atoms with Crippen molar-refractivity contribution in [3.63, 3.8) is 0 Å². The van der Waals surface area contributed by atoms with Crippen LogP contribution in [-0.4, -0.2) is 23.7 Å². The summed E-state index contributed by atoms with van der Waals surface area (Å²) in [6.07, 6.45) is 3.02. The molecule has 1 rings (SSSR count). The third-order valence-electron chi connectivity index (χ3n) is 2.86. The highest BCUT2D eigenvalue weighted by atomic mass is 16.3. The molecule has 0 bridgehead atoms. The van der Waals surface area contributed by atoms with Crippen molar-refractivity contribution >= 4 is 5.91 Å². The number of nitrogens with one attached hydrogen (secondary N) is 1. The zero-order valence-electron chi connectivity index (χ0n) is 10.0. The standard InChI is InChI=1S/C12H23NO2/c1-12(2,3)8-13-11(15)9-4-6-10(14)7-5-9/h9-10,14H,4-8H2,1-3H3,(H,13,15). The van der Waals surface area contributed by atoms with Crippen LogP contribution in [0.5, 0.6) is 0 Å². The molecule has 1 fully saturated rings. The Hall–Kier alpha value is -0.570. The fourth-order valence-electron chi connectivity index (χ4n) is 1.83. The fraction of sp³-hybridized carbons (Fsp3) is 0.917. The van der Waals surface area contributed by atoms with Gasteiger partial charge in [0, 0.05) is 12.5 Å². The molecule has 1 aliphatic carbocycles. The minimum atomic E-state index is -0.184. The molecule has 0 aliphatic heterocycles. The van der Waals surface area contributed by atoms with Crippen molar-refractivity contribution < 1.29 is 9.90 Å². The Balaban J connectivity index is 2.29. The number of hydrogen-bond donors (Lipinski definition) is 2. The molecule has 2 N–H and O–H groups in total. The summed E-state index contributed by atoms with van der Waals surface area (Å²) in [6, 6.07) is 0. The average Bonchev–Trinajstić information content (AvgIpc) is 2.14. The van der Waals surface area contributed by atoms with Gasteiger partial charge in [-0.25, -0.2) is 0 Å². The zero-order valence-corrected chi connectivity index (χ0v) is 10.0. The number of carbonyl (C=O) groups excluding carboxylic acids is 1. The minimum Gasteiger partial charge on any atom is -0.393 e. The van der Waals surface area contributed by atoms with Gasteiger partial charge >= 0.3 is 0 Å². The molecule has 15 heavy (non-hydrogen) atoms. The van der Waals surface area contributed by atoms with E-state index in [1.807, 2.05) is 0 Å². The van der Waals surface area contributed by atoms with E-state index in [0.717, 1.165) is 32.2 Å². The van der Waals surface area contributed by atoms with Crippen LogP contribution in [0.3, 0.4) is 0 Å². The molecule has 0 saturated heterocycles. The highest BCUT2D eigenvalue weighted by molar-refractivity contribution is 5.78. The first-order chi connectivity index (χ1) is 6.88. The zero-order chi connectivity index (χ0) is 11.5. The Labute approximate surface area is 92.3 Å². The normalized spacial score (nSPS) is 27.5. The van der Waals surface area contributed by atoms with E-state index in [1.165, 1.54) is 0 Å². The Morgan fingerprint density at radius 1 is 1.27 bits per heavy atom. The van der Waals surface area contributed by atoms with Crippen molar-refractivity contribution in [2.45, 2.75) is 52.6 Å². The molecule has 88 valence electrons. The Bertz CT molecular complexity index is 212. The second-order valence-electron chi connectivity index (χ2n) is 5.78. The van der Waals surface area contributed by atoms with Crippen LogP contribution in [0.25, 0.3) is 0 Å². The first kappa shape index (κ1) is 12.5. The van der Waals surface area contributed by atoms with Gasteiger partial charge in [-0.3, -0.25) is 4.79 Å². The lowest BCUT2D eigenvalue weighted by atomic mass is 9.86. The van der Waals surface area contributed by atoms with Gasteiger partial charge in [0.25, 0.3) is 0 Å². The van der Waals surface area contributed by atoms with Gasteiger partial charge < -0.3 is 10.4 Å². The average molecular weight is 213 g/mol. The van der Waals surface area contributed by atoms with Crippen LogP contribution in [0.1, 0.15) is 46.5 Å². The number of carbonyl (C=O) groups is 1. The Morgan fingerprint density at radius 2 is 1.80 bits per heavy atom. The topological polar surface area (TPSA) is 49.3 Å². The Kier molecular flexibility index (Phi) is 4.14. The summed E-state index contributed by atoms with van der Waals surface area (Å²) in [5.74, 6) is 0.285. The van der Waals surface area contributed by atoms with Gasteiger partial charge in [-0.15, -0.1) is 0 Å². The lowest BCUT2D eigenvalue weighted by Gasteiger charge is -2.26. The maximum absolute atomic E-state index is 11.8. The van der Waals surface area contributed by atoms with Crippen LogP contribution in [-0.2, 0) is 4.79 Å². The molecule has 3 nitrogen and oxygen atoms in total. The molecule has 0 atom stereocenters. The van der Waals surface area contributed by atoms with Crippen LogP contribution in [0.15, 0.2) is 0 Å². The predicted molar refractivity (Wildman–Crippen MR) is 60.4 cm³/mol. The lowest BCUT2D eigenvalue weighted by molar-refractivity contribution is -0.126. The minimum absolute atomic E-state index is 0.121. The third-order valence-corrected chi connectivity index (χ3v) is 2.86.